The van der Waals surface area contributed by atoms with E-state index in [4.69, 9.17) is 0 Å². The van der Waals surface area contributed by atoms with E-state index >= 15 is 0 Å². The Morgan fingerprint density at radius 2 is 1.64 bits per heavy atom. The van der Waals surface area contributed by atoms with Crippen molar-refractivity contribution in [1.29, 1.82) is 0 Å². The minimum atomic E-state index is -0.392. The topological polar surface area (TPSA) is 84.5 Å². The molecule has 0 radical (unpaired) electrons. The van der Waals surface area contributed by atoms with Crippen LogP contribution >= 0.6 is 0 Å². The molecule has 8 nitrogen and oxygen atoms in total. The Labute approximate surface area is 193 Å². The molecule has 4 rings (SSSR count). The van der Waals surface area contributed by atoms with Gasteiger partial charge in [-0.3, -0.25) is 24.5 Å². The van der Waals surface area contributed by atoms with E-state index in [0.717, 1.165) is 25.2 Å². The van der Waals surface area contributed by atoms with Crippen molar-refractivity contribution in [2.75, 3.05) is 26.2 Å². The van der Waals surface area contributed by atoms with Gasteiger partial charge in [-0.05, 0) is 49.6 Å². The van der Waals surface area contributed by atoms with Crippen LogP contribution in [0.3, 0.4) is 0 Å². The van der Waals surface area contributed by atoms with Crippen LogP contribution < -0.4 is 0 Å². The molecule has 0 spiro atoms. The highest BCUT2D eigenvalue weighted by molar-refractivity contribution is 5.94. The molecule has 0 unspecified atom stereocenters. The summed E-state index contributed by atoms with van der Waals surface area (Å²) in [6.07, 6.45) is 0. The molecule has 2 aromatic carbocycles. The molecule has 33 heavy (non-hydrogen) atoms. The Morgan fingerprint density at radius 1 is 0.970 bits per heavy atom. The third kappa shape index (κ3) is 4.96. The Morgan fingerprint density at radius 3 is 2.24 bits per heavy atom. The summed E-state index contributed by atoms with van der Waals surface area (Å²) in [5.41, 5.74) is 5.22. The molecule has 2 heterocycles. The maximum absolute atomic E-state index is 13.0. The quantitative estimate of drug-likeness (QED) is 0.425. The van der Waals surface area contributed by atoms with E-state index in [2.05, 4.69) is 41.2 Å². The van der Waals surface area contributed by atoms with Crippen molar-refractivity contribution in [2.24, 2.45) is 0 Å². The van der Waals surface area contributed by atoms with Gasteiger partial charge in [0, 0.05) is 38.3 Å². The number of hydrogen-bond acceptors (Lipinski definition) is 5. The Kier molecular flexibility index (Phi) is 6.55. The van der Waals surface area contributed by atoms with Crippen molar-refractivity contribution in [1.82, 2.24) is 19.6 Å². The van der Waals surface area contributed by atoms with Crippen LogP contribution in [0.4, 0.5) is 5.69 Å². The lowest BCUT2D eigenvalue weighted by Gasteiger charge is -2.35. The predicted molar refractivity (Wildman–Crippen MR) is 126 cm³/mol. The van der Waals surface area contributed by atoms with Gasteiger partial charge in [0.05, 0.1) is 11.5 Å². The van der Waals surface area contributed by atoms with Crippen LogP contribution in [0.1, 0.15) is 38.4 Å². The minimum Gasteiger partial charge on any atom is -0.336 e. The lowest BCUT2D eigenvalue weighted by atomic mass is 10.1. The summed E-state index contributed by atoms with van der Waals surface area (Å²) in [4.78, 5) is 28.1. The first-order chi connectivity index (χ1) is 15.8. The number of rotatable bonds is 6. The van der Waals surface area contributed by atoms with Crippen molar-refractivity contribution in [2.45, 2.75) is 33.9 Å². The predicted octanol–water partition coefficient (Wildman–Crippen LogP) is 3.72. The smallest absolute Gasteiger partial charge is 0.312 e. The van der Waals surface area contributed by atoms with Gasteiger partial charge in [-0.15, -0.1) is 0 Å². The standard InChI is InChI=1S/C25H29N5O3/c1-18-6-4-5-7-23(18)17-27-12-14-28(15-13-27)25(31)22-10-8-21(9-11-22)16-29-20(3)24(30(32)33)19(2)26-29/h4-11H,12-17H2,1-3H3. The van der Waals surface area contributed by atoms with Gasteiger partial charge >= 0.3 is 5.69 Å². The molecule has 0 atom stereocenters. The number of benzene rings is 2. The molecule has 172 valence electrons. The van der Waals surface area contributed by atoms with Crippen LogP contribution in [0.5, 0.6) is 0 Å². The third-order valence-electron chi connectivity index (χ3n) is 6.37. The monoisotopic (exact) mass is 447 g/mol. The number of carbonyl (C=O) groups is 1. The largest absolute Gasteiger partial charge is 0.336 e. The number of nitrogens with zero attached hydrogens (tertiary/aromatic N) is 5. The second-order valence-electron chi connectivity index (χ2n) is 8.63. The zero-order valence-corrected chi connectivity index (χ0v) is 19.3. The zero-order valence-electron chi connectivity index (χ0n) is 19.3. The number of hydrogen-bond donors (Lipinski definition) is 0. The van der Waals surface area contributed by atoms with Crippen molar-refractivity contribution >= 4 is 11.6 Å². The molecule has 1 aromatic heterocycles. The van der Waals surface area contributed by atoms with Gasteiger partial charge in [0.2, 0.25) is 0 Å². The summed E-state index contributed by atoms with van der Waals surface area (Å²) in [5.74, 6) is 0.0406. The molecular formula is C25H29N5O3. The lowest BCUT2D eigenvalue weighted by Crippen LogP contribution is -2.48. The second kappa shape index (κ2) is 9.54. The molecule has 1 amide bonds. The van der Waals surface area contributed by atoms with E-state index in [9.17, 15) is 14.9 Å². The van der Waals surface area contributed by atoms with Crippen LogP contribution in [-0.2, 0) is 13.1 Å². The molecule has 1 aliphatic rings. The molecule has 8 heteroatoms. The van der Waals surface area contributed by atoms with E-state index in [1.54, 1.807) is 18.5 Å². The van der Waals surface area contributed by atoms with E-state index in [1.165, 1.54) is 11.1 Å². The Balaban J connectivity index is 1.35. The second-order valence-corrected chi connectivity index (χ2v) is 8.63. The van der Waals surface area contributed by atoms with Gasteiger partial charge < -0.3 is 4.90 Å². The van der Waals surface area contributed by atoms with Crippen LogP contribution in [0, 0.1) is 30.9 Å². The van der Waals surface area contributed by atoms with Crippen molar-refractivity contribution in [3.05, 3.63) is 92.3 Å². The average molecular weight is 448 g/mol. The van der Waals surface area contributed by atoms with Crippen LogP contribution in [0.2, 0.25) is 0 Å². The van der Waals surface area contributed by atoms with Gasteiger partial charge in [0.25, 0.3) is 5.91 Å². The first kappa shape index (κ1) is 22.7. The van der Waals surface area contributed by atoms with Crippen molar-refractivity contribution in [3.8, 4) is 0 Å². The molecular weight excluding hydrogens is 418 g/mol. The summed E-state index contributed by atoms with van der Waals surface area (Å²) >= 11 is 0. The van der Waals surface area contributed by atoms with E-state index in [0.29, 0.717) is 36.6 Å². The molecule has 0 saturated carbocycles. The summed E-state index contributed by atoms with van der Waals surface area (Å²) in [5, 5.41) is 15.5. The highest BCUT2D eigenvalue weighted by Crippen LogP contribution is 2.23. The van der Waals surface area contributed by atoms with E-state index in [-0.39, 0.29) is 11.6 Å². The first-order valence-corrected chi connectivity index (χ1v) is 11.2. The number of piperazine rings is 1. The highest BCUT2D eigenvalue weighted by atomic mass is 16.6. The summed E-state index contributed by atoms with van der Waals surface area (Å²) in [6.45, 7) is 9.95. The van der Waals surface area contributed by atoms with Gasteiger partial charge in [-0.2, -0.15) is 5.10 Å². The minimum absolute atomic E-state index is 0.0406. The fourth-order valence-electron chi connectivity index (χ4n) is 4.35. The average Bonchev–Trinajstić information content (AvgIpc) is 3.08. The number of aryl methyl sites for hydroxylation is 2. The lowest BCUT2D eigenvalue weighted by molar-refractivity contribution is -0.386. The third-order valence-corrected chi connectivity index (χ3v) is 6.37. The fourth-order valence-corrected chi connectivity index (χ4v) is 4.35. The Bertz CT molecular complexity index is 1160. The van der Waals surface area contributed by atoms with Gasteiger partial charge in [0.15, 0.2) is 0 Å². The van der Waals surface area contributed by atoms with Gasteiger partial charge in [0.1, 0.15) is 11.4 Å². The molecule has 0 bridgehead atoms. The molecule has 1 saturated heterocycles. The highest BCUT2D eigenvalue weighted by Gasteiger charge is 2.23. The number of carbonyl (C=O) groups excluding carboxylic acids is 1. The van der Waals surface area contributed by atoms with Crippen LogP contribution in [0.15, 0.2) is 48.5 Å². The first-order valence-electron chi connectivity index (χ1n) is 11.2. The SMILES string of the molecule is Cc1ccccc1CN1CCN(C(=O)c2ccc(Cn3nc(C)c([N+](=O)[O-])c3C)cc2)CC1. The van der Waals surface area contributed by atoms with Crippen LogP contribution in [-0.4, -0.2) is 56.6 Å². The Hall–Kier alpha value is -3.52. The van der Waals surface area contributed by atoms with E-state index in [1.807, 2.05) is 29.2 Å². The normalized spacial score (nSPS) is 14.5. The molecule has 0 aliphatic carbocycles. The molecule has 0 N–H and O–H groups in total. The summed E-state index contributed by atoms with van der Waals surface area (Å²) in [7, 11) is 0. The van der Waals surface area contributed by atoms with Gasteiger partial charge in [-0.25, -0.2) is 0 Å². The summed E-state index contributed by atoms with van der Waals surface area (Å²) < 4.78 is 1.64. The number of amides is 1. The number of nitro groups is 1. The maximum Gasteiger partial charge on any atom is 0.312 e. The maximum atomic E-state index is 13.0. The molecule has 1 aliphatic heterocycles. The van der Waals surface area contributed by atoms with Crippen LogP contribution in [0.25, 0.3) is 0 Å². The van der Waals surface area contributed by atoms with Crippen molar-refractivity contribution in [3.63, 3.8) is 0 Å². The van der Waals surface area contributed by atoms with E-state index < -0.39 is 4.92 Å². The summed E-state index contributed by atoms with van der Waals surface area (Å²) in [6, 6.07) is 15.9. The zero-order chi connectivity index (χ0) is 23.5. The van der Waals surface area contributed by atoms with Crippen molar-refractivity contribution < 1.29 is 9.72 Å². The molecule has 1 fully saturated rings. The fraction of sp³-hybridized carbons (Fsp3) is 0.360. The van der Waals surface area contributed by atoms with Gasteiger partial charge in [-0.1, -0.05) is 36.4 Å². The molecule has 3 aromatic rings. The number of aromatic nitrogens is 2.